The van der Waals surface area contributed by atoms with Crippen LogP contribution in [0.2, 0.25) is 5.02 Å². The Bertz CT molecular complexity index is 995. The molecule has 2 aromatic heterocycles. The molecule has 0 aliphatic rings. The Balaban J connectivity index is 1.93. The van der Waals surface area contributed by atoms with Gasteiger partial charge in [-0.05, 0) is 30.3 Å². The van der Waals surface area contributed by atoms with Crippen LogP contribution < -0.4 is 0 Å². The van der Waals surface area contributed by atoms with Crippen molar-refractivity contribution in [2.24, 2.45) is 0 Å². The van der Waals surface area contributed by atoms with Gasteiger partial charge in [0.05, 0.1) is 11.4 Å². The van der Waals surface area contributed by atoms with E-state index in [2.05, 4.69) is 28.3 Å². The minimum Gasteiger partial charge on any atom is -0.335 e. The van der Waals surface area contributed by atoms with E-state index < -0.39 is 0 Å². The molecule has 0 fully saturated rings. The van der Waals surface area contributed by atoms with Gasteiger partial charge in [0.1, 0.15) is 0 Å². The SMILES string of the molecule is C=CCN(CC=C)C(=O)CSc1nnc(-c2cccnc2)n1-c1cccc(Cl)c1. The molecule has 0 bridgehead atoms. The molecule has 0 aliphatic carbocycles. The molecule has 0 radical (unpaired) electrons. The van der Waals surface area contributed by atoms with Crippen LogP contribution in [0.1, 0.15) is 0 Å². The first kappa shape index (κ1) is 20.8. The van der Waals surface area contributed by atoms with Crippen LogP contribution in [0.15, 0.2) is 79.3 Å². The summed E-state index contributed by atoms with van der Waals surface area (Å²) in [6.45, 7) is 8.34. The Morgan fingerprint density at radius 1 is 1.17 bits per heavy atom. The summed E-state index contributed by atoms with van der Waals surface area (Å²) >= 11 is 7.52. The molecular formula is C21H20ClN5OS. The lowest BCUT2D eigenvalue weighted by Crippen LogP contribution is -2.32. The number of rotatable bonds is 9. The quantitative estimate of drug-likeness (QED) is 0.378. The van der Waals surface area contributed by atoms with Crippen molar-refractivity contribution < 1.29 is 4.79 Å². The fourth-order valence-electron chi connectivity index (χ4n) is 2.70. The van der Waals surface area contributed by atoms with Gasteiger partial charge in [-0.3, -0.25) is 14.3 Å². The number of hydrogen-bond acceptors (Lipinski definition) is 5. The molecule has 0 saturated carbocycles. The van der Waals surface area contributed by atoms with Gasteiger partial charge < -0.3 is 4.90 Å². The molecular weight excluding hydrogens is 406 g/mol. The van der Waals surface area contributed by atoms with Crippen molar-refractivity contribution in [2.75, 3.05) is 18.8 Å². The Morgan fingerprint density at radius 2 is 1.97 bits per heavy atom. The molecule has 3 aromatic rings. The van der Waals surface area contributed by atoms with Crippen molar-refractivity contribution >= 4 is 29.3 Å². The van der Waals surface area contributed by atoms with Crippen molar-refractivity contribution in [1.82, 2.24) is 24.6 Å². The fraction of sp³-hybridized carbons (Fsp3) is 0.143. The van der Waals surface area contributed by atoms with Crippen LogP contribution in [0.25, 0.3) is 17.1 Å². The van der Waals surface area contributed by atoms with Crippen LogP contribution in [-0.4, -0.2) is 49.4 Å². The molecule has 3 rings (SSSR count). The zero-order valence-corrected chi connectivity index (χ0v) is 17.3. The van der Waals surface area contributed by atoms with Crippen LogP contribution in [0.3, 0.4) is 0 Å². The van der Waals surface area contributed by atoms with Crippen LogP contribution in [0, 0.1) is 0 Å². The van der Waals surface area contributed by atoms with Gasteiger partial charge in [0.25, 0.3) is 0 Å². The number of amides is 1. The monoisotopic (exact) mass is 425 g/mol. The molecule has 0 saturated heterocycles. The molecule has 0 aliphatic heterocycles. The van der Waals surface area contributed by atoms with Crippen molar-refractivity contribution in [3.63, 3.8) is 0 Å². The highest BCUT2D eigenvalue weighted by atomic mass is 35.5. The van der Waals surface area contributed by atoms with Gasteiger partial charge in [0.2, 0.25) is 5.91 Å². The first-order chi connectivity index (χ1) is 14.1. The summed E-state index contributed by atoms with van der Waals surface area (Å²) in [5.41, 5.74) is 1.63. The van der Waals surface area contributed by atoms with Gasteiger partial charge in [0.15, 0.2) is 11.0 Å². The molecule has 0 spiro atoms. The molecule has 0 N–H and O–H groups in total. The number of benzene rings is 1. The van der Waals surface area contributed by atoms with E-state index in [0.29, 0.717) is 29.1 Å². The summed E-state index contributed by atoms with van der Waals surface area (Å²) in [6, 6.07) is 11.2. The highest BCUT2D eigenvalue weighted by Gasteiger charge is 2.19. The average Bonchev–Trinajstić information content (AvgIpc) is 3.16. The number of hydrogen-bond donors (Lipinski definition) is 0. The van der Waals surface area contributed by atoms with E-state index in [1.165, 1.54) is 11.8 Å². The lowest BCUT2D eigenvalue weighted by molar-refractivity contribution is -0.127. The van der Waals surface area contributed by atoms with E-state index in [1.807, 2.05) is 34.9 Å². The maximum atomic E-state index is 12.6. The minimum atomic E-state index is -0.0293. The number of nitrogens with zero attached hydrogens (tertiary/aromatic N) is 5. The maximum absolute atomic E-state index is 12.6. The Morgan fingerprint density at radius 3 is 2.62 bits per heavy atom. The van der Waals surface area contributed by atoms with E-state index in [9.17, 15) is 4.79 Å². The van der Waals surface area contributed by atoms with Crippen molar-refractivity contribution in [1.29, 1.82) is 0 Å². The summed E-state index contributed by atoms with van der Waals surface area (Å²) in [7, 11) is 0. The van der Waals surface area contributed by atoms with Gasteiger partial charge >= 0.3 is 0 Å². The molecule has 8 heteroatoms. The number of carbonyl (C=O) groups excluding carboxylic acids is 1. The maximum Gasteiger partial charge on any atom is 0.233 e. The van der Waals surface area contributed by atoms with Crippen LogP contribution >= 0.6 is 23.4 Å². The van der Waals surface area contributed by atoms with Gasteiger partial charge in [-0.1, -0.05) is 41.6 Å². The summed E-state index contributed by atoms with van der Waals surface area (Å²) < 4.78 is 1.88. The predicted molar refractivity (Wildman–Crippen MR) is 117 cm³/mol. The van der Waals surface area contributed by atoms with Crippen LogP contribution in [0.4, 0.5) is 0 Å². The van der Waals surface area contributed by atoms with Crippen LogP contribution in [-0.2, 0) is 4.79 Å². The number of pyridine rings is 1. The summed E-state index contributed by atoms with van der Waals surface area (Å²) in [5, 5.41) is 9.85. The second kappa shape index (κ2) is 10.0. The Labute approximate surface area is 178 Å². The highest BCUT2D eigenvalue weighted by Crippen LogP contribution is 2.28. The smallest absolute Gasteiger partial charge is 0.233 e. The third kappa shape index (κ3) is 5.13. The highest BCUT2D eigenvalue weighted by molar-refractivity contribution is 7.99. The lowest BCUT2D eigenvalue weighted by atomic mass is 10.2. The first-order valence-corrected chi connectivity index (χ1v) is 10.2. The Hall–Kier alpha value is -2.90. The second-order valence-corrected chi connectivity index (χ2v) is 7.41. The van der Waals surface area contributed by atoms with Gasteiger partial charge in [0, 0.05) is 36.1 Å². The molecule has 0 unspecified atom stereocenters. The lowest BCUT2D eigenvalue weighted by Gasteiger charge is -2.19. The number of carbonyl (C=O) groups is 1. The molecule has 1 amide bonds. The number of aromatic nitrogens is 4. The zero-order chi connectivity index (χ0) is 20.6. The average molecular weight is 426 g/mol. The number of halogens is 1. The largest absolute Gasteiger partial charge is 0.335 e. The topological polar surface area (TPSA) is 63.9 Å². The third-order valence-electron chi connectivity index (χ3n) is 4.00. The summed E-state index contributed by atoms with van der Waals surface area (Å²) in [5.74, 6) is 0.815. The molecule has 6 nitrogen and oxygen atoms in total. The first-order valence-electron chi connectivity index (χ1n) is 8.88. The summed E-state index contributed by atoms with van der Waals surface area (Å²) in [4.78, 5) is 18.4. The third-order valence-corrected chi connectivity index (χ3v) is 5.14. The molecule has 0 atom stereocenters. The van der Waals surface area contributed by atoms with Crippen molar-refractivity contribution in [2.45, 2.75) is 5.16 Å². The molecule has 148 valence electrons. The zero-order valence-electron chi connectivity index (χ0n) is 15.7. The van der Waals surface area contributed by atoms with Crippen molar-refractivity contribution in [3.05, 3.63) is 79.1 Å². The van der Waals surface area contributed by atoms with E-state index in [4.69, 9.17) is 11.6 Å². The molecule has 2 heterocycles. The van der Waals surface area contributed by atoms with Gasteiger partial charge in [-0.2, -0.15) is 0 Å². The fourth-order valence-corrected chi connectivity index (χ4v) is 3.74. The van der Waals surface area contributed by atoms with Gasteiger partial charge in [-0.25, -0.2) is 0 Å². The normalized spacial score (nSPS) is 10.5. The predicted octanol–water partition coefficient (Wildman–Crippen LogP) is 4.28. The molecule has 29 heavy (non-hydrogen) atoms. The van der Waals surface area contributed by atoms with Crippen LogP contribution in [0.5, 0.6) is 0 Å². The minimum absolute atomic E-state index is 0.0293. The van der Waals surface area contributed by atoms with E-state index in [0.717, 1.165) is 11.3 Å². The van der Waals surface area contributed by atoms with E-state index in [-0.39, 0.29) is 11.7 Å². The van der Waals surface area contributed by atoms with E-state index in [1.54, 1.807) is 35.5 Å². The standard InChI is InChI=1S/C21H20ClN5OS/c1-3-11-26(12-4-2)19(28)15-29-21-25-24-20(16-7-6-10-23-14-16)27(21)18-9-5-8-17(22)13-18/h3-10,13-14H,1-2,11-12,15H2. The molecule has 1 aromatic carbocycles. The number of thioether (sulfide) groups is 1. The van der Waals surface area contributed by atoms with Crippen molar-refractivity contribution in [3.8, 4) is 17.1 Å². The van der Waals surface area contributed by atoms with Gasteiger partial charge in [-0.15, -0.1) is 23.4 Å². The second-order valence-electron chi connectivity index (χ2n) is 6.03. The van der Waals surface area contributed by atoms with E-state index >= 15 is 0 Å². The Kier molecular flexibility index (Phi) is 7.21. The summed E-state index contributed by atoms with van der Waals surface area (Å²) in [6.07, 6.45) is 6.81.